The molecule has 0 unspecified atom stereocenters. The van der Waals surface area contributed by atoms with Gasteiger partial charge in [0.25, 0.3) is 11.9 Å². The minimum absolute atomic E-state index is 0.0799. The minimum atomic E-state index is -0.773. The lowest BCUT2D eigenvalue weighted by atomic mass is 10.3. The quantitative estimate of drug-likeness (QED) is 0.706. The highest BCUT2D eigenvalue weighted by Crippen LogP contribution is 2.28. The van der Waals surface area contributed by atoms with E-state index in [-0.39, 0.29) is 18.3 Å². The van der Waals surface area contributed by atoms with Crippen LogP contribution in [0.15, 0.2) is 36.9 Å². The summed E-state index contributed by atoms with van der Waals surface area (Å²) in [7, 11) is 0. The molecule has 0 radical (unpaired) electrons. The van der Waals surface area contributed by atoms with Gasteiger partial charge in [-0.2, -0.15) is 9.49 Å². The van der Waals surface area contributed by atoms with Gasteiger partial charge in [-0.1, -0.05) is 0 Å². The fourth-order valence-electron chi connectivity index (χ4n) is 3.52. The number of carbonyl (C=O) groups excluding carboxylic acids is 1. The van der Waals surface area contributed by atoms with E-state index in [1.165, 1.54) is 30.1 Å². The van der Waals surface area contributed by atoms with Gasteiger partial charge in [0.05, 0.1) is 29.7 Å². The molecule has 3 aromatic heterocycles. The number of aromatic nitrogens is 5. The summed E-state index contributed by atoms with van der Waals surface area (Å²) in [5.41, 5.74) is 1.79. The summed E-state index contributed by atoms with van der Waals surface area (Å²) in [6.07, 6.45) is 8.40. The normalized spacial score (nSPS) is 16.3. The lowest BCUT2D eigenvalue weighted by Gasteiger charge is -2.16. The summed E-state index contributed by atoms with van der Waals surface area (Å²) >= 11 is 0. The Morgan fingerprint density at radius 1 is 1.04 bits per heavy atom. The first-order valence-corrected chi connectivity index (χ1v) is 8.79. The van der Waals surface area contributed by atoms with E-state index in [2.05, 4.69) is 25.0 Å². The van der Waals surface area contributed by atoms with Crippen LogP contribution >= 0.6 is 0 Å². The van der Waals surface area contributed by atoms with E-state index in [4.69, 9.17) is 0 Å². The second-order valence-electron chi connectivity index (χ2n) is 6.56. The molecule has 0 aliphatic carbocycles. The van der Waals surface area contributed by atoms with Crippen molar-refractivity contribution in [3.8, 4) is 5.69 Å². The van der Waals surface area contributed by atoms with Gasteiger partial charge in [0.15, 0.2) is 5.82 Å². The Morgan fingerprint density at radius 3 is 2.56 bits per heavy atom. The largest absolute Gasteiger partial charge is 0.357 e. The molecule has 5 heterocycles. The van der Waals surface area contributed by atoms with Gasteiger partial charge in [-0.25, -0.2) is 19.6 Å². The van der Waals surface area contributed by atoms with Crippen LogP contribution in [0.3, 0.4) is 0 Å². The topological polar surface area (TPSA) is 80.0 Å². The van der Waals surface area contributed by atoms with Crippen molar-refractivity contribution in [2.24, 2.45) is 0 Å². The van der Waals surface area contributed by atoms with Gasteiger partial charge in [-0.15, -0.1) is 0 Å². The van der Waals surface area contributed by atoms with Crippen LogP contribution in [0.4, 0.5) is 16.0 Å². The maximum atomic E-state index is 13.8. The molecule has 0 aromatic carbocycles. The second kappa shape index (κ2) is 6.11. The van der Waals surface area contributed by atoms with Crippen LogP contribution in [0.5, 0.6) is 0 Å². The van der Waals surface area contributed by atoms with Crippen LogP contribution in [0, 0.1) is 5.95 Å². The zero-order valence-electron chi connectivity index (χ0n) is 14.4. The monoisotopic (exact) mass is 365 g/mol. The second-order valence-corrected chi connectivity index (χ2v) is 6.56. The fraction of sp³-hybridized carbons (Fsp3) is 0.278. The molecule has 3 aromatic rings. The van der Waals surface area contributed by atoms with E-state index in [1.54, 1.807) is 17.1 Å². The summed E-state index contributed by atoms with van der Waals surface area (Å²) in [4.78, 5) is 28.1. The molecule has 5 rings (SSSR count). The van der Waals surface area contributed by atoms with Crippen LogP contribution in [0.2, 0.25) is 0 Å². The smallest absolute Gasteiger partial charge is 0.263 e. The number of nitrogens with zero attached hydrogens (tertiary/aromatic N) is 7. The summed E-state index contributed by atoms with van der Waals surface area (Å²) in [6, 6.07) is 3.91. The first-order chi connectivity index (χ1) is 13.2. The minimum Gasteiger partial charge on any atom is -0.357 e. The SMILES string of the molecule is O=C1c2cn(-c3ccc(N4CCCC4)nc3)nc2CN1c1nccnc1F. The molecule has 1 amide bonds. The molecule has 2 aliphatic heterocycles. The molecule has 0 atom stereocenters. The standard InChI is InChI=1S/C18H16FN7O/c19-16-17(21-6-5-20-16)25-11-14-13(18(25)27)10-26(23-14)12-3-4-15(22-9-12)24-7-1-2-8-24/h3-6,9-10H,1-2,7-8,11H2. The Kier molecular flexibility index (Phi) is 3.59. The van der Waals surface area contributed by atoms with E-state index >= 15 is 0 Å². The van der Waals surface area contributed by atoms with Gasteiger partial charge in [-0.3, -0.25) is 9.69 Å². The van der Waals surface area contributed by atoms with Gasteiger partial charge in [0, 0.05) is 31.7 Å². The number of anilines is 2. The van der Waals surface area contributed by atoms with Crippen LogP contribution in [0.1, 0.15) is 28.9 Å². The van der Waals surface area contributed by atoms with Gasteiger partial charge >= 0.3 is 0 Å². The highest BCUT2D eigenvalue weighted by Gasteiger charge is 2.34. The summed E-state index contributed by atoms with van der Waals surface area (Å²) < 4.78 is 15.5. The van der Waals surface area contributed by atoms with E-state index in [9.17, 15) is 9.18 Å². The number of hydrogen-bond donors (Lipinski definition) is 0. The summed E-state index contributed by atoms with van der Waals surface area (Å²) in [5, 5.41) is 4.47. The average Bonchev–Trinajstić information content (AvgIpc) is 3.41. The van der Waals surface area contributed by atoms with Crippen LogP contribution < -0.4 is 9.80 Å². The number of amides is 1. The lowest BCUT2D eigenvalue weighted by molar-refractivity contribution is 0.0994. The van der Waals surface area contributed by atoms with E-state index in [1.807, 2.05) is 12.1 Å². The fourth-order valence-corrected chi connectivity index (χ4v) is 3.52. The number of pyridine rings is 1. The first kappa shape index (κ1) is 15.9. The Morgan fingerprint density at radius 2 is 1.85 bits per heavy atom. The molecule has 27 heavy (non-hydrogen) atoms. The van der Waals surface area contributed by atoms with E-state index in [0.717, 1.165) is 24.6 Å². The van der Waals surface area contributed by atoms with Crippen LogP contribution in [0.25, 0.3) is 5.69 Å². The predicted molar refractivity (Wildman–Crippen MR) is 95.3 cm³/mol. The molecule has 0 N–H and O–H groups in total. The van der Waals surface area contributed by atoms with Gasteiger partial charge in [0.2, 0.25) is 0 Å². The molecule has 0 saturated carbocycles. The highest BCUT2D eigenvalue weighted by atomic mass is 19.1. The lowest BCUT2D eigenvalue weighted by Crippen LogP contribution is -2.26. The van der Waals surface area contributed by atoms with Crippen molar-refractivity contribution in [3.63, 3.8) is 0 Å². The molecule has 8 nitrogen and oxygen atoms in total. The van der Waals surface area contributed by atoms with Crippen molar-refractivity contribution in [1.29, 1.82) is 0 Å². The third-order valence-electron chi connectivity index (χ3n) is 4.89. The van der Waals surface area contributed by atoms with E-state index in [0.29, 0.717) is 11.3 Å². The zero-order valence-corrected chi connectivity index (χ0v) is 14.4. The Balaban J connectivity index is 1.40. The van der Waals surface area contributed by atoms with Crippen molar-refractivity contribution in [2.75, 3.05) is 22.9 Å². The molecule has 0 spiro atoms. The average molecular weight is 365 g/mol. The van der Waals surface area contributed by atoms with Gasteiger partial charge in [0.1, 0.15) is 5.82 Å². The Labute approximate surface area is 154 Å². The number of carbonyl (C=O) groups is 1. The van der Waals surface area contributed by atoms with Crippen LogP contribution in [-0.2, 0) is 6.54 Å². The van der Waals surface area contributed by atoms with Crippen molar-refractivity contribution < 1.29 is 9.18 Å². The molecule has 1 saturated heterocycles. The Bertz CT molecular complexity index is 1010. The van der Waals surface area contributed by atoms with E-state index < -0.39 is 5.95 Å². The predicted octanol–water partition coefficient (Wildman–Crippen LogP) is 1.96. The molecule has 9 heteroatoms. The number of halogens is 1. The molecule has 1 fully saturated rings. The molecule has 136 valence electrons. The third-order valence-corrected chi connectivity index (χ3v) is 4.89. The van der Waals surface area contributed by atoms with Crippen molar-refractivity contribution in [2.45, 2.75) is 19.4 Å². The molecular formula is C18H16FN7O. The van der Waals surface area contributed by atoms with Crippen molar-refractivity contribution in [3.05, 3.63) is 54.1 Å². The summed E-state index contributed by atoms with van der Waals surface area (Å²) in [6.45, 7) is 2.23. The number of rotatable bonds is 3. The van der Waals surface area contributed by atoms with Crippen LogP contribution in [-0.4, -0.2) is 43.7 Å². The molecule has 2 aliphatic rings. The Hall–Kier alpha value is -3.36. The third kappa shape index (κ3) is 2.62. The highest BCUT2D eigenvalue weighted by molar-refractivity contribution is 6.09. The maximum absolute atomic E-state index is 13.8. The maximum Gasteiger partial charge on any atom is 0.263 e. The summed E-state index contributed by atoms with van der Waals surface area (Å²) in [5.74, 6) is -0.233. The van der Waals surface area contributed by atoms with Crippen molar-refractivity contribution in [1.82, 2.24) is 24.7 Å². The number of hydrogen-bond acceptors (Lipinski definition) is 6. The molecule has 0 bridgehead atoms. The molecular weight excluding hydrogens is 349 g/mol. The first-order valence-electron chi connectivity index (χ1n) is 8.79. The van der Waals surface area contributed by atoms with Gasteiger partial charge in [-0.05, 0) is 25.0 Å². The van der Waals surface area contributed by atoms with Crippen molar-refractivity contribution >= 4 is 17.5 Å². The number of fused-ring (bicyclic) bond motifs is 1. The van der Waals surface area contributed by atoms with Gasteiger partial charge < -0.3 is 4.90 Å². The zero-order chi connectivity index (χ0) is 18.4.